The summed E-state index contributed by atoms with van der Waals surface area (Å²) in [4.78, 5) is 22.6. The van der Waals surface area contributed by atoms with Gasteiger partial charge in [0.1, 0.15) is 12.6 Å². The van der Waals surface area contributed by atoms with Gasteiger partial charge < -0.3 is 15.2 Å². The van der Waals surface area contributed by atoms with Gasteiger partial charge >= 0.3 is 12.1 Å². The number of nitrogens with one attached hydrogen (secondary N) is 1. The summed E-state index contributed by atoms with van der Waals surface area (Å²) < 4.78 is 16.9. The number of carboxylic acid groups (broad SMARTS) is 1. The molecule has 1 aromatic carbocycles. The number of carboxylic acids is 1. The Labute approximate surface area is 126 Å². The highest BCUT2D eigenvalue weighted by Crippen LogP contribution is 2.06. The van der Waals surface area contributed by atoms with Crippen molar-refractivity contribution in [2.45, 2.75) is 19.1 Å². The van der Waals surface area contributed by atoms with Crippen molar-refractivity contribution >= 4 is 23.8 Å². The number of rotatable bonds is 9. The fourth-order valence-electron chi connectivity index (χ4n) is 1.44. The minimum absolute atomic E-state index is 0.0774. The predicted molar refractivity (Wildman–Crippen MR) is 79.1 cm³/mol. The van der Waals surface area contributed by atoms with Gasteiger partial charge in [0.15, 0.2) is 0 Å². The van der Waals surface area contributed by atoms with Crippen LogP contribution in [0.5, 0.6) is 0 Å². The zero-order valence-electron chi connectivity index (χ0n) is 11.5. The molecule has 0 heterocycles. The summed E-state index contributed by atoms with van der Waals surface area (Å²) in [5.41, 5.74) is 0.817. The van der Waals surface area contributed by atoms with E-state index in [1.165, 1.54) is 11.8 Å². The van der Waals surface area contributed by atoms with Crippen LogP contribution in [-0.4, -0.2) is 41.4 Å². The molecule has 0 radical (unpaired) electrons. The molecule has 21 heavy (non-hydrogen) atoms. The van der Waals surface area contributed by atoms with Crippen molar-refractivity contribution in [3.05, 3.63) is 35.9 Å². The summed E-state index contributed by atoms with van der Waals surface area (Å²) in [6, 6.07) is 8.04. The summed E-state index contributed by atoms with van der Waals surface area (Å²) in [6.45, 7) is -0.356. The molecular weight excluding hydrogens is 297 g/mol. The second-order valence-corrected chi connectivity index (χ2v) is 5.36. The number of alkyl carbamates (subject to hydrolysis) is 1. The normalized spacial score (nSPS) is 11.7. The Morgan fingerprint density at radius 1 is 1.33 bits per heavy atom. The van der Waals surface area contributed by atoms with E-state index in [2.05, 4.69) is 5.32 Å². The van der Waals surface area contributed by atoms with Crippen LogP contribution < -0.4 is 5.32 Å². The predicted octanol–water partition coefficient (Wildman–Crippen LogP) is 2.46. The standard InChI is InChI=1S/C14H18FNO4S/c15-7-4-8-21-10-12(13(17)18)16-14(19)20-9-11-5-2-1-3-6-11/h1-3,5-6,12H,4,7-10H2,(H,16,19)(H,17,18). The molecule has 116 valence electrons. The van der Waals surface area contributed by atoms with Crippen LogP contribution in [-0.2, 0) is 16.1 Å². The fraction of sp³-hybridized carbons (Fsp3) is 0.429. The Hall–Kier alpha value is -1.76. The van der Waals surface area contributed by atoms with Crippen molar-refractivity contribution < 1.29 is 23.8 Å². The molecule has 0 aliphatic heterocycles. The lowest BCUT2D eigenvalue weighted by molar-refractivity contribution is -0.138. The Bertz CT molecular complexity index is 444. The topological polar surface area (TPSA) is 75.6 Å². The number of carbonyl (C=O) groups excluding carboxylic acids is 1. The molecule has 1 amide bonds. The summed E-state index contributed by atoms with van der Waals surface area (Å²) in [7, 11) is 0. The maximum absolute atomic E-state index is 11.9. The van der Waals surface area contributed by atoms with E-state index in [9.17, 15) is 14.0 Å². The first-order valence-corrected chi connectivity index (χ1v) is 7.62. The van der Waals surface area contributed by atoms with Crippen LogP contribution in [0.25, 0.3) is 0 Å². The molecule has 0 aliphatic carbocycles. The third-order valence-electron chi connectivity index (χ3n) is 2.51. The van der Waals surface area contributed by atoms with Crippen LogP contribution >= 0.6 is 11.8 Å². The van der Waals surface area contributed by atoms with Gasteiger partial charge in [-0.25, -0.2) is 9.59 Å². The summed E-state index contributed by atoms with van der Waals surface area (Å²) in [5, 5.41) is 11.3. The molecule has 0 saturated heterocycles. The van der Waals surface area contributed by atoms with E-state index in [1.807, 2.05) is 18.2 Å². The van der Waals surface area contributed by atoms with Crippen LogP contribution in [0.2, 0.25) is 0 Å². The summed E-state index contributed by atoms with van der Waals surface area (Å²) >= 11 is 1.28. The molecule has 0 bridgehead atoms. The van der Waals surface area contributed by atoms with Gasteiger partial charge in [-0.05, 0) is 17.7 Å². The third kappa shape index (κ3) is 7.55. The minimum atomic E-state index is -1.14. The molecular formula is C14H18FNO4S. The molecule has 0 aromatic heterocycles. The molecule has 5 nitrogen and oxygen atoms in total. The van der Waals surface area contributed by atoms with Crippen LogP contribution in [0.3, 0.4) is 0 Å². The molecule has 0 aliphatic rings. The Morgan fingerprint density at radius 3 is 2.67 bits per heavy atom. The van der Waals surface area contributed by atoms with E-state index in [0.29, 0.717) is 12.2 Å². The van der Waals surface area contributed by atoms with Crippen molar-refractivity contribution in [3.8, 4) is 0 Å². The fourth-order valence-corrected chi connectivity index (χ4v) is 2.38. The first-order chi connectivity index (χ1) is 10.1. The van der Waals surface area contributed by atoms with E-state index < -0.39 is 24.8 Å². The molecule has 0 spiro atoms. The Balaban J connectivity index is 2.33. The van der Waals surface area contributed by atoms with Crippen LogP contribution in [0.1, 0.15) is 12.0 Å². The van der Waals surface area contributed by atoms with Gasteiger partial charge in [0.05, 0.1) is 6.67 Å². The van der Waals surface area contributed by atoms with Crippen LogP contribution in [0.15, 0.2) is 30.3 Å². The zero-order valence-corrected chi connectivity index (χ0v) is 12.3. The molecule has 7 heteroatoms. The third-order valence-corrected chi connectivity index (χ3v) is 3.66. The minimum Gasteiger partial charge on any atom is -0.480 e. The molecule has 1 aromatic rings. The Kier molecular flexibility index (Phi) is 8.27. The quantitative estimate of drug-likeness (QED) is 0.685. The average Bonchev–Trinajstić information content (AvgIpc) is 2.49. The van der Waals surface area contributed by atoms with Crippen molar-refractivity contribution in [1.29, 1.82) is 0 Å². The second kappa shape index (κ2) is 10.0. The highest BCUT2D eigenvalue weighted by molar-refractivity contribution is 7.99. The van der Waals surface area contributed by atoms with Crippen LogP contribution in [0.4, 0.5) is 9.18 Å². The lowest BCUT2D eigenvalue weighted by Gasteiger charge is -2.14. The Morgan fingerprint density at radius 2 is 2.05 bits per heavy atom. The van der Waals surface area contributed by atoms with Crippen molar-refractivity contribution in [1.82, 2.24) is 5.32 Å². The lowest BCUT2D eigenvalue weighted by Crippen LogP contribution is -2.42. The number of halogens is 1. The van der Waals surface area contributed by atoms with Crippen molar-refractivity contribution in [2.24, 2.45) is 0 Å². The number of hydrogen-bond donors (Lipinski definition) is 2. The number of alkyl halides is 1. The molecule has 0 fully saturated rings. The van der Waals surface area contributed by atoms with Crippen LogP contribution in [0, 0.1) is 0 Å². The number of thioether (sulfide) groups is 1. The molecule has 1 unspecified atom stereocenters. The second-order valence-electron chi connectivity index (χ2n) is 4.21. The number of amides is 1. The monoisotopic (exact) mass is 315 g/mol. The van der Waals surface area contributed by atoms with Gasteiger partial charge in [-0.2, -0.15) is 11.8 Å². The zero-order chi connectivity index (χ0) is 15.5. The smallest absolute Gasteiger partial charge is 0.408 e. The maximum Gasteiger partial charge on any atom is 0.408 e. The van der Waals surface area contributed by atoms with Gasteiger partial charge in [-0.3, -0.25) is 4.39 Å². The average molecular weight is 315 g/mol. The SMILES string of the molecule is O=C(NC(CSCCCF)C(=O)O)OCc1ccccc1. The van der Waals surface area contributed by atoms with Gasteiger partial charge in [0.25, 0.3) is 0 Å². The van der Waals surface area contributed by atoms with E-state index in [4.69, 9.17) is 9.84 Å². The van der Waals surface area contributed by atoms with Crippen molar-refractivity contribution in [3.63, 3.8) is 0 Å². The van der Waals surface area contributed by atoms with E-state index >= 15 is 0 Å². The summed E-state index contributed by atoms with van der Waals surface area (Å²) in [5.74, 6) is -0.448. The number of ether oxygens (including phenoxy) is 1. The van der Waals surface area contributed by atoms with Gasteiger partial charge in [-0.15, -0.1) is 0 Å². The number of hydrogen-bond acceptors (Lipinski definition) is 4. The molecule has 2 N–H and O–H groups in total. The highest BCUT2D eigenvalue weighted by Gasteiger charge is 2.20. The molecule has 1 rings (SSSR count). The largest absolute Gasteiger partial charge is 0.480 e. The number of aliphatic carboxylic acids is 1. The van der Waals surface area contributed by atoms with Gasteiger partial charge in [0.2, 0.25) is 0 Å². The number of carbonyl (C=O) groups is 2. The van der Waals surface area contributed by atoms with Gasteiger partial charge in [-0.1, -0.05) is 30.3 Å². The number of benzene rings is 1. The molecule has 1 atom stereocenters. The van der Waals surface area contributed by atoms with E-state index in [-0.39, 0.29) is 12.4 Å². The highest BCUT2D eigenvalue weighted by atomic mass is 32.2. The first kappa shape index (κ1) is 17.3. The lowest BCUT2D eigenvalue weighted by atomic mass is 10.2. The van der Waals surface area contributed by atoms with E-state index in [1.54, 1.807) is 12.1 Å². The van der Waals surface area contributed by atoms with Crippen molar-refractivity contribution in [2.75, 3.05) is 18.2 Å². The summed E-state index contributed by atoms with van der Waals surface area (Å²) in [6.07, 6.45) is -0.410. The maximum atomic E-state index is 11.9. The van der Waals surface area contributed by atoms with Gasteiger partial charge in [0, 0.05) is 5.75 Å². The van der Waals surface area contributed by atoms with E-state index in [0.717, 1.165) is 5.56 Å². The molecule has 0 saturated carbocycles. The first-order valence-electron chi connectivity index (χ1n) is 6.47.